The zero-order chi connectivity index (χ0) is 19.6. The highest BCUT2D eigenvalue weighted by molar-refractivity contribution is 5.83. The van der Waals surface area contributed by atoms with E-state index in [2.05, 4.69) is 0 Å². The number of halogens is 2. The number of nitrogens with zero attached hydrogens (tertiary/aromatic N) is 2. The van der Waals surface area contributed by atoms with Crippen LogP contribution in [-0.2, 0) is 10.3 Å². The predicted octanol–water partition coefficient (Wildman–Crippen LogP) is 3.89. The summed E-state index contributed by atoms with van der Waals surface area (Å²) in [5.41, 5.74) is 0.628. The van der Waals surface area contributed by atoms with Gasteiger partial charge in [-0.05, 0) is 35.4 Å². The minimum absolute atomic E-state index is 0.148. The normalized spacial score (nSPS) is 19.1. The molecule has 3 rings (SSSR count). The standard InChI is InChI=1S/C21H22F2N2O2/c1-24(2)20(26)25-13-15(18-11-17(22)9-10-19(18)23)12-21(25,14-27-3)16-7-5-4-6-8-16/h4-12H,13-14H2,1-3H3. The van der Waals surface area contributed by atoms with E-state index in [1.807, 2.05) is 36.4 Å². The van der Waals surface area contributed by atoms with Gasteiger partial charge in [0.2, 0.25) is 0 Å². The summed E-state index contributed by atoms with van der Waals surface area (Å²) in [6.45, 7) is 0.340. The van der Waals surface area contributed by atoms with Gasteiger partial charge in [-0.15, -0.1) is 0 Å². The molecule has 1 atom stereocenters. The van der Waals surface area contributed by atoms with Gasteiger partial charge >= 0.3 is 6.03 Å². The maximum Gasteiger partial charge on any atom is 0.320 e. The molecule has 2 amide bonds. The molecule has 142 valence electrons. The molecular weight excluding hydrogens is 350 g/mol. The second kappa shape index (κ2) is 7.48. The SMILES string of the molecule is COCC1(c2ccccc2)C=C(c2cc(F)ccc2F)CN1C(=O)N(C)C. The molecule has 6 heteroatoms. The molecule has 0 saturated heterocycles. The van der Waals surface area contributed by atoms with E-state index in [9.17, 15) is 13.6 Å². The van der Waals surface area contributed by atoms with Crippen molar-refractivity contribution in [2.24, 2.45) is 0 Å². The Morgan fingerprint density at radius 1 is 1.19 bits per heavy atom. The Hall–Kier alpha value is -2.73. The zero-order valence-corrected chi connectivity index (χ0v) is 15.6. The summed E-state index contributed by atoms with van der Waals surface area (Å²) in [5.74, 6) is -1.05. The number of benzene rings is 2. The minimum atomic E-state index is -0.911. The van der Waals surface area contributed by atoms with E-state index in [1.54, 1.807) is 26.1 Å². The van der Waals surface area contributed by atoms with Gasteiger partial charge in [0.05, 0.1) is 6.61 Å². The molecule has 0 radical (unpaired) electrons. The number of carbonyl (C=O) groups is 1. The monoisotopic (exact) mass is 372 g/mol. The molecule has 0 spiro atoms. The van der Waals surface area contributed by atoms with Gasteiger partial charge in [-0.1, -0.05) is 30.3 Å². The Morgan fingerprint density at radius 3 is 2.52 bits per heavy atom. The summed E-state index contributed by atoms with van der Waals surface area (Å²) < 4.78 is 33.6. The van der Waals surface area contributed by atoms with Crippen molar-refractivity contribution in [2.45, 2.75) is 5.54 Å². The maximum atomic E-state index is 14.4. The number of rotatable bonds is 4. The Balaban J connectivity index is 2.19. The molecule has 0 bridgehead atoms. The zero-order valence-electron chi connectivity index (χ0n) is 15.6. The lowest BCUT2D eigenvalue weighted by Gasteiger charge is -2.39. The molecule has 0 aliphatic carbocycles. The lowest BCUT2D eigenvalue weighted by atomic mass is 9.89. The smallest absolute Gasteiger partial charge is 0.320 e. The van der Waals surface area contributed by atoms with Crippen LogP contribution in [0.4, 0.5) is 13.6 Å². The molecule has 0 fully saturated rings. The fourth-order valence-corrected chi connectivity index (χ4v) is 3.50. The van der Waals surface area contributed by atoms with Crippen LogP contribution in [0.2, 0.25) is 0 Å². The van der Waals surface area contributed by atoms with E-state index in [4.69, 9.17) is 4.74 Å². The highest BCUT2D eigenvalue weighted by Crippen LogP contribution is 2.41. The molecule has 0 N–H and O–H groups in total. The molecule has 0 aromatic heterocycles. The Kier molecular flexibility index (Phi) is 5.28. The number of urea groups is 1. The van der Waals surface area contributed by atoms with Crippen LogP contribution < -0.4 is 0 Å². The summed E-state index contributed by atoms with van der Waals surface area (Å²) in [6.07, 6.45) is 1.81. The van der Waals surface area contributed by atoms with Crippen molar-refractivity contribution in [1.82, 2.24) is 9.80 Å². The van der Waals surface area contributed by atoms with Crippen LogP contribution in [0.15, 0.2) is 54.6 Å². The van der Waals surface area contributed by atoms with Crippen molar-refractivity contribution in [2.75, 3.05) is 34.4 Å². The van der Waals surface area contributed by atoms with Crippen molar-refractivity contribution < 1.29 is 18.3 Å². The molecule has 2 aromatic rings. The summed E-state index contributed by atoms with van der Waals surface area (Å²) in [7, 11) is 4.87. The molecule has 0 saturated carbocycles. The van der Waals surface area contributed by atoms with E-state index in [0.717, 1.165) is 23.8 Å². The number of hydrogen-bond acceptors (Lipinski definition) is 2. The summed E-state index contributed by atoms with van der Waals surface area (Å²) in [4.78, 5) is 16.0. The van der Waals surface area contributed by atoms with Crippen molar-refractivity contribution in [3.63, 3.8) is 0 Å². The molecule has 27 heavy (non-hydrogen) atoms. The molecule has 1 aliphatic rings. The number of hydrogen-bond donors (Lipinski definition) is 0. The maximum absolute atomic E-state index is 14.4. The van der Waals surface area contributed by atoms with Crippen LogP contribution in [0.5, 0.6) is 0 Å². The van der Waals surface area contributed by atoms with Crippen molar-refractivity contribution in [1.29, 1.82) is 0 Å². The average Bonchev–Trinajstić information content (AvgIpc) is 3.04. The summed E-state index contributed by atoms with van der Waals surface area (Å²) >= 11 is 0. The molecule has 2 aromatic carbocycles. The van der Waals surface area contributed by atoms with Gasteiger partial charge in [-0.2, -0.15) is 0 Å². The van der Waals surface area contributed by atoms with Gasteiger partial charge in [0.1, 0.15) is 17.2 Å². The third-order valence-electron chi connectivity index (χ3n) is 4.75. The lowest BCUT2D eigenvalue weighted by Crippen LogP contribution is -2.51. The quantitative estimate of drug-likeness (QED) is 0.816. The highest BCUT2D eigenvalue weighted by Gasteiger charge is 2.45. The van der Waals surface area contributed by atoms with E-state index in [-0.39, 0.29) is 24.7 Å². The van der Waals surface area contributed by atoms with Gasteiger partial charge in [0, 0.05) is 33.3 Å². The van der Waals surface area contributed by atoms with Gasteiger partial charge < -0.3 is 14.5 Å². The number of methoxy groups -OCH3 is 1. The van der Waals surface area contributed by atoms with Crippen molar-refractivity contribution in [3.8, 4) is 0 Å². The largest absolute Gasteiger partial charge is 0.382 e. The Labute approximate surface area is 157 Å². The van der Waals surface area contributed by atoms with Gasteiger partial charge in [-0.25, -0.2) is 13.6 Å². The first kappa shape index (κ1) is 19.0. The van der Waals surface area contributed by atoms with E-state index < -0.39 is 17.2 Å². The lowest BCUT2D eigenvalue weighted by molar-refractivity contribution is 0.0653. The Morgan fingerprint density at radius 2 is 1.89 bits per heavy atom. The second-order valence-corrected chi connectivity index (χ2v) is 6.78. The first-order valence-electron chi connectivity index (χ1n) is 8.59. The van der Waals surface area contributed by atoms with Gasteiger partial charge in [0.25, 0.3) is 0 Å². The van der Waals surface area contributed by atoms with Crippen LogP contribution in [0.25, 0.3) is 5.57 Å². The van der Waals surface area contributed by atoms with Crippen LogP contribution in [0, 0.1) is 11.6 Å². The van der Waals surface area contributed by atoms with Crippen LogP contribution in [0.3, 0.4) is 0 Å². The molecule has 1 aliphatic heterocycles. The topological polar surface area (TPSA) is 32.8 Å². The third kappa shape index (κ3) is 3.45. The fourth-order valence-electron chi connectivity index (χ4n) is 3.50. The first-order chi connectivity index (χ1) is 12.9. The molecule has 1 heterocycles. The molecule has 1 unspecified atom stereocenters. The molecular formula is C21H22F2N2O2. The van der Waals surface area contributed by atoms with E-state index in [1.165, 1.54) is 4.90 Å². The average molecular weight is 372 g/mol. The van der Waals surface area contributed by atoms with Crippen molar-refractivity contribution in [3.05, 3.63) is 77.4 Å². The predicted molar refractivity (Wildman–Crippen MR) is 100 cm³/mol. The van der Waals surface area contributed by atoms with Crippen LogP contribution >= 0.6 is 0 Å². The highest BCUT2D eigenvalue weighted by atomic mass is 19.1. The van der Waals surface area contributed by atoms with E-state index >= 15 is 0 Å². The van der Waals surface area contributed by atoms with Gasteiger partial charge in [0.15, 0.2) is 0 Å². The fraction of sp³-hybridized carbons (Fsp3) is 0.286. The number of carbonyl (C=O) groups excluding carboxylic acids is 1. The summed E-state index contributed by atoms with van der Waals surface area (Å²) in [6, 6.07) is 12.5. The third-order valence-corrected chi connectivity index (χ3v) is 4.75. The number of amides is 2. The number of ether oxygens (including phenoxy) is 1. The minimum Gasteiger partial charge on any atom is -0.382 e. The molecule has 4 nitrogen and oxygen atoms in total. The van der Waals surface area contributed by atoms with Crippen LogP contribution in [0.1, 0.15) is 11.1 Å². The Bertz CT molecular complexity index is 868. The second-order valence-electron chi connectivity index (χ2n) is 6.78. The van der Waals surface area contributed by atoms with Crippen LogP contribution in [-0.4, -0.2) is 50.2 Å². The van der Waals surface area contributed by atoms with Crippen molar-refractivity contribution >= 4 is 11.6 Å². The van der Waals surface area contributed by atoms with E-state index in [0.29, 0.717) is 5.57 Å². The first-order valence-corrected chi connectivity index (χ1v) is 8.59. The summed E-state index contributed by atoms with van der Waals surface area (Å²) in [5, 5.41) is 0. The van der Waals surface area contributed by atoms with Gasteiger partial charge in [-0.3, -0.25) is 0 Å².